The van der Waals surface area contributed by atoms with Gasteiger partial charge in [-0.05, 0) is 61.7 Å². The van der Waals surface area contributed by atoms with Gasteiger partial charge in [0.2, 0.25) is 10.0 Å². The highest BCUT2D eigenvalue weighted by Gasteiger charge is 2.30. The molecule has 2 radical (unpaired) electrons. The zero-order chi connectivity index (χ0) is 25.4. The Morgan fingerprint density at radius 1 is 1.25 bits per heavy atom. The first-order valence-electron chi connectivity index (χ1n) is 11.9. The third kappa shape index (κ3) is 4.81. The lowest BCUT2D eigenvalue weighted by atomic mass is 9.98. The second-order valence-corrected chi connectivity index (χ2v) is 11.6. The van der Waals surface area contributed by atoms with Gasteiger partial charge in [0.05, 0.1) is 10.6 Å². The van der Waals surface area contributed by atoms with Gasteiger partial charge in [0.15, 0.2) is 5.65 Å². The van der Waals surface area contributed by atoms with Crippen molar-refractivity contribution in [3.05, 3.63) is 64.7 Å². The molecule has 1 aromatic carbocycles. The normalized spacial score (nSPS) is 17.8. The van der Waals surface area contributed by atoms with Gasteiger partial charge in [-0.1, -0.05) is 29.8 Å². The maximum atomic E-state index is 13.7. The first-order valence-corrected chi connectivity index (χ1v) is 13.8. The summed E-state index contributed by atoms with van der Waals surface area (Å²) in [5.41, 5.74) is 3.17. The van der Waals surface area contributed by atoms with Crippen LogP contribution in [0.3, 0.4) is 0 Å². The zero-order valence-electron chi connectivity index (χ0n) is 19.9. The molecule has 0 atom stereocenters. The van der Waals surface area contributed by atoms with E-state index in [4.69, 9.17) is 19.4 Å². The van der Waals surface area contributed by atoms with Gasteiger partial charge in [0.1, 0.15) is 19.5 Å². The molecule has 1 fully saturated rings. The highest BCUT2D eigenvalue weighted by atomic mass is 35.5. The maximum Gasteiger partial charge on any atom is 0.243 e. The third-order valence-electron chi connectivity index (χ3n) is 6.80. The number of rotatable bonds is 6. The molecule has 186 valence electrons. The topological polar surface area (TPSA) is 79.6 Å². The molecule has 5 rings (SSSR count). The van der Waals surface area contributed by atoms with Gasteiger partial charge < -0.3 is 5.32 Å². The van der Waals surface area contributed by atoms with E-state index >= 15 is 0 Å². The monoisotopic (exact) mass is 525 g/mol. The number of hydrogen-bond acceptors (Lipinski definition) is 5. The van der Waals surface area contributed by atoms with Crippen LogP contribution >= 0.6 is 11.6 Å². The molecule has 1 N–H and O–H groups in total. The Balaban J connectivity index is 1.30. The highest BCUT2D eigenvalue weighted by Crippen LogP contribution is 2.31. The van der Waals surface area contributed by atoms with E-state index in [1.807, 2.05) is 12.1 Å². The predicted octanol–water partition coefficient (Wildman–Crippen LogP) is 3.78. The van der Waals surface area contributed by atoms with Crippen molar-refractivity contribution in [2.45, 2.75) is 37.5 Å². The molecule has 1 aliphatic heterocycles. The Labute approximate surface area is 216 Å². The number of aryl methyl sites for hydroxylation is 1. The minimum absolute atomic E-state index is 0.0341. The fourth-order valence-corrected chi connectivity index (χ4v) is 6.67. The van der Waals surface area contributed by atoms with E-state index in [-0.39, 0.29) is 10.8 Å². The van der Waals surface area contributed by atoms with E-state index in [1.165, 1.54) is 16.4 Å². The number of aromatic nitrogens is 3. The smallest absolute Gasteiger partial charge is 0.243 e. The lowest BCUT2D eigenvalue weighted by Crippen LogP contribution is -2.40. The van der Waals surface area contributed by atoms with Crippen LogP contribution < -0.4 is 10.8 Å². The molecule has 1 aliphatic carbocycles. The van der Waals surface area contributed by atoms with Crippen LogP contribution in [0, 0.1) is 18.7 Å². The Morgan fingerprint density at radius 2 is 2.03 bits per heavy atom. The molecule has 0 bridgehead atoms. The van der Waals surface area contributed by atoms with Crippen molar-refractivity contribution < 1.29 is 12.8 Å². The minimum atomic E-state index is -3.74. The van der Waals surface area contributed by atoms with Gasteiger partial charge in [0, 0.05) is 42.5 Å². The maximum absolute atomic E-state index is 13.7. The SMILES string of the molecule is [B]c1cnn2c(NCC3CCN(S(=O)(=O)c4cc(F)ccc4C)CC3)cc(C3=C(Cl)CCC=C3)nc12. The first-order chi connectivity index (χ1) is 17.2. The number of benzene rings is 1. The molecule has 1 saturated heterocycles. The molecule has 2 aromatic heterocycles. The van der Waals surface area contributed by atoms with E-state index in [1.54, 1.807) is 17.6 Å². The number of fused-ring (bicyclic) bond motifs is 1. The Bertz CT molecular complexity index is 1480. The number of allylic oxidation sites excluding steroid dienone is 4. The summed E-state index contributed by atoms with van der Waals surface area (Å²) in [5, 5.41) is 8.59. The van der Waals surface area contributed by atoms with Gasteiger partial charge in [-0.25, -0.2) is 17.8 Å². The fraction of sp³-hybridized carbons (Fsp3) is 0.360. The average Bonchev–Trinajstić information content (AvgIpc) is 3.25. The van der Waals surface area contributed by atoms with Crippen LogP contribution in [-0.2, 0) is 10.0 Å². The highest BCUT2D eigenvalue weighted by molar-refractivity contribution is 7.89. The molecule has 3 heterocycles. The largest absolute Gasteiger partial charge is 0.370 e. The molecule has 0 spiro atoms. The van der Waals surface area contributed by atoms with Crippen molar-refractivity contribution in [3.8, 4) is 0 Å². The van der Waals surface area contributed by atoms with Gasteiger partial charge in [-0.2, -0.15) is 13.9 Å². The summed E-state index contributed by atoms with van der Waals surface area (Å²) in [5.74, 6) is 0.441. The predicted molar refractivity (Wildman–Crippen MR) is 141 cm³/mol. The molecule has 11 heteroatoms. The molecule has 36 heavy (non-hydrogen) atoms. The van der Waals surface area contributed by atoms with Crippen molar-refractivity contribution in [3.63, 3.8) is 0 Å². The molecule has 7 nitrogen and oxygen atoms in total. The number of nitrogens with zero attached hydrogens (tertiary/aromatic N) is 4. The van der Waals surface area contributed by atoms with E-state index < -0.39 is 15.8 Å². The van der Waals surface area contributed by atoms with E-state index in [0.29, 0.717) is 49.1 Å². The summed E-state index contributed by atoms with van der Waals surface area (Å²) in [4.78, 5) is 4.72. The molecule has 0 unspecified atom stereocenters. The van der Waals surface area contributed by atoms with Crippen LogP contribution in [0.1, 0.15) is 36.9 Å². The van der Waals surface area contributed by atoms with Gasteiger partial charge in [-0.15, -0.1) is 0 Å². The Kier molecular flexibility index (Phi) is 6.93. The summed E-state index contributed by atoms with van der Waals surface area (Å²) in [7, 11) is 2.37. The number of halogens is 2. The van der Waals surface area contributed by atoms with Gasteiger partial charge in [0.25, 0.3) is 0 Å². The lowest BCUT2D eigenvalue weighted by Gasteiger charge is -2.31. The average molecular weight is 526 g/mol. The molecule has 0 amide bonds. The fourth-order valence-electron chi connectivity index (χ4n) is 4.70. The number of sulfonamides is 1. The lowest BCUT2D eigenvalue weighted by molar-refractivity contribution is 0.282. The van der Waals surface area contributed by atoms with Crippen molar-refractivity contribution in [1.82, 2.24) is 18.9 Å². The van der Waals surface area contributed by atoms with E-state index in [2.05, 4.69) is 21.5 Å². The number of hydrogen-bond donors (Lipinski definition) is 1. The van der Waals surface area contributed by atoms with Crippen LogP contribution in [0.4, 0.5) is 10.2 Å². The van der Waals surface area contributed by atoms with E-state index in [9.17, 15) is 12.8 Å². The van der Waals surface area contributed by atoms with Gasteiger partial charge >= 0.3 is 0 Å². The first kappa shape index (κ1) is 25.0. The van der Waals surface area contributed by atoms with Crippen molar-refractivity contribution >= 4 is 52.0 Å². The van der Waals surface area contributed by atoms with E-state index in [0.717, 1.165) is 41.0 Å². The van der Waals surface area contributed by atoms with Crippen molar-refractivity contribution in [1.29, 1.82) is 0 Å². The Hall–Kier alpha value is -2.69. The third-order valence-corrected chi connectivity index (χ3v) is 9.23. The summed E-state index contributed by atoms with van der Waals surface area (Å²) in [6.07, 6.45) is 8.67. The van der Waals surface area contributed by atoms with Crippen LogP contribution in [0.5, 0.6) is 0 Å². The zero-order valence-corrected chi connectivity index (χ0v) is 21.5. The molecule has 0 saturated carbocycles. The summed E-state index contributed by atoms with van der Waals surface area (Å²) >= 11 is 6.49. The summed E-state index contributed by atoms with van der Waals surface area (Å²) in [6, 6.07) is 5.79. The number of nitrogens with one attached hydrogen (secondary N) is 1. The van der Waals surface area contributed by atoms with Crippen molar-refractivity contribution in [2.24, 2.45) is 5.92 Å². The second kappa shape index (κ2) is 9.99. The van der Waals surface area contributed by atoms with Crippen LogP contribution in [0.15, 0.2) is 52.5 Å². The number of anilines is 1. The molecular formula is C25H26BClFN5O2S. The quantitative estimate of drug-likeness (QED) is 0.496. The molecule has 3 aromatic rings. The van der Waals surface area contributed by atoms with Crippen LogP contribution in [0.25, 0.3) is 11.2 Å². The Morgan fingerprint density at radius 3 is 2.78 bits per heavy atom. The minimum Gasteiger partial charge on any atom is -0.370 e. The van der Waals surface area contributed by atoms with Crippen LogP contribution in [0.2, 0.25) is 0 Å². The molecular weight excluding hydrogens is 500 g/mol. The van der Waals surface area contributed by atoms with Gasteiger partial charge in [-0.3, -0.25) is 0 Å². The second-order valence-electron chi connectivity index (χ2n) is 9.26. The summed E-state index contributed by atoms with van der Waals surface area (Å²) in [6.45, 7) is 3.07. The van der Waals surface area contributed by atoms with Crippen molar-refractivity contribution in [2.75, 3.05) is 25.0 Å². The number of piperidine rings is 1. The van der Waals surface area contributed by atoms with Crippen LogP contribution in [-0.4, -0.2) is 54.8 Å². The summed E-state index contributed by atoms with van der Waals surface area (Å²) < 4.78 is 43.1. The standard InChI is InChI=1S/C25H26BClFN5O2S/c1-16-6-7-18(28)12-23(16)36(34,35)32-10-8-17(9-11-32)14-29-24-13-22(19-4-2-3-5-21(19)27)31-25-20(26)15-30-33(24)25/h2,4,6-7,12-13,15,17,29H,3,5,8-11,14H2,1H3. The molecule has 2 aliphatic rings.